The van der Waals surface area contributed by atoms with Crippen molar-refractivity contribution in [3.05, 3.63) is 89.3 Å². The fourth-order valence-electron chi connectivity index (χ4n) is 6.11. The average Bonchev–Trinajstić information content (AvgIpc) is 3.65. The minimum atomic E-state index is -0.921. The Bertz CT molecular complexity index is 1630. The van der Waals surface area contributed by atoms with Gasteiger partial charge in [-0.1, -0.05) is 36.2 Å². The Hall–Kier alpha value is -4.26. The second-order valence-corrected chi connectivity index (χ2v) is 10.3. The van der Waals surface area contributed by atoms with Gasteiger partial charge in [0.1, 0.15) is 5.76 Å². The molecule has 5 aromatic rings. The van der Waals surface area contributed by atoms with Gasteiger partial charge in [-0.2, -0.15) is 0 Å². The van der Waals surface area contributed by atoms with Gasteiger partial charge in [0.25, 0.3) is 0 Å². The number of carbonyl (C=O) groups is 1. The molecular weight excluding hydrogens is 476 g/mol. The summed E-state index contributed by atoms with van der Waals surface area (Å²) < 4.78 is 7.81. The van der Waals surface area contributed by atoms with Gasteiger partial charge < -0.3 is 14.2 Å². The SMILES string of the molecule is Cc1cc(-c2cn(C(c3ccccn3)C3CCCC3)c3cc(-c4c(C)noc4C)cnc23)ccc1C(=O)O. The molecule has 0 radical (unpaired) electrons. The molecular formula is C31H30N4O3. The summed E-state index contributed by atoms with van der Waals surface area (Å²) in [6.45, 7) is 5.71. The van der Waals surface area contributed by atoms with Gasteiger partial charge in [-0.3, -0.25) is 9.97 Å². The lowest BCUT2D eigenvalue weighted by Gasteiger charge is -2.26. The summed E-state index contributed by atoms with van der Waals surface area (Å²) in [5, 5.41) is 13.7. The number of aromatic carboxylic acids is 1. The van der Waals surface area contributed by atoms with Crippen molar-refractivity contribution in [2.75, 3.05) is 0 Å². The molecule has 0 amide bonds. The van der Waals surface area contributed by atoms with Gasteiger partial charge in [-0.15, -0.1) is 0 Å². The molecule has 0 aliphatic heterocycles. The van der Waals surface area contributed by atoms with Crippen LogP contribution in [0.3, 0.4) is 0 Å². The van der Waals surface area contributed by atoms with Gasteiger partial charge in [0, 0.05) is 35.3 Å². The van der Waals surface area contributed by atoms with Crippen molar-refractivity contribution in [2.45, 2.75) is 52.5 Å². The Morgan fingerprint density at radius 1 is 1.05 bits per heavy atom. The van der Waals surface area contributed by atoms with Crippen molar-refractivity contribution < 1.29 is 14.4 Å². The van der Waals surface area contributed by atoms with Crippen molar-refractivity contribution in [1.29, 1.82) is 0 Å². The first kappa shape index (κ1) is 24.1. The van der Waals surface area contributed by atoms with Gasteiger partial charge in [0.05, 0.1) is 34.0 Å². The van der Waals surface area contributed by atoms with Crippen LogP contribution in [0, 0.1) is 26.7 Å². The summed E-state index contributed by atoms with van der Waals surface area (Å²) in [5.74, 6) is 0.307. The lowest BCUT2D eigenvalue weighted by atomic mass is 9.94. The monoisotopic (exact) mass is 506 g/mol. The van der Waals surface area contributed by atoms with Crippen molar-refractivity contribution in [3.63, 3.8) is 0 Å². The van der Waals surface area contributed by atoms with Crippen LogP contribution >= 0.6 is 0 Å². The highest BCUT2D eigenvalue weighted by Gasteiger charge is 2.31. The number of carboxylic acids is 1. The second-order valence-electron chi connectivity index (χ2n) is 10.3. The topological polar surface area (TPSA) is 94.0 Å². The largest absolute Gasteiger partial charge is 0.478 e. The van der Waals surface area contributed by atoms with E-state index < -0.39 is 5.97 Å². The van der Waals surface area contributed by atoms with Crippen molar-refractivity contribution in [3.8, 4) is 22.3 Å². The predicted molar refractivity (Wildman–Crippen MR) is 146 cm³/mol. The zero-order valence-corrected chi connectivity index (χ0v) is 21.8. The number of nitrogens with zero attached hydrogens (tertiary/aromatic N) is 4. The Labute approximate surface area is 221 Å². The molecule has 1 aliphatic carbocycles. The zero-order chi connectivity index (χ0) is 26.4. The van der Waals surface area contributed by atoms with Crippen LogP contribution in [0.5, 0.6) is 0 Å². The fraction of sp³-hybridized carbons (Fsp3) is 0.290. The molecule has 0 saturated heterocycles. The van der Waals surface area contributed by atoms with E-state index in [0.717, 1.165) is 68.8 Å². The van der Waals surface area contributed by atoms with Crippen LogP contribution in [0.15, 0.2) is 65.6 Å². The van der Waals surface area contributed by atoms with Crippen LogP contribution in [-0.2, 0) is 0 Å². The second kappa shape index (κ2) is 9.56. The molecule has 1 atom stereocenters. The quantitative estimate of drug-likeness (QED) is 0.263. The van der Waals surface area contributed by atoms with E-state index in [-0.39, 0.29) is 6.04 Å². The van der Waals surface area contributed by atoms with Crippen LogP contribution in [0.4, 0.5) is 0 Å². The van der Waals surface area contributed by atoms with E-state index in [9.17, 15) is 9.90 Å². The lowest BCUT2D eigenvalue weighted by Crippen LogP contribution is -2.19. The summed E-state index contributed by atoms with van der Waals surface area (Å²) in [6.07, 6.45) is 10.7. The molecule has 4 aromatic heterocycles. The first-order chi connectivity index (χ1) is 18.4. The third-order valence-electron chi connectivity index (χ3n) is 7.90. The summed E-state index contributed by atoms with van der Waals surface area (Å²) in [5.41, 5.74) is 8.64. The lowest BCUT2D eigenvalue weighted by molar-refractivity contribution is 0.0696. The third kappa shape index (κ3) is 4.08. The molecule has 1 N–H and O–H groups in total. The van der Waals surface area contributed by atoms with E-state index in [2.05, 4.69) is 34.1 Å². The molecule has 1 aromatic carbocycles. The van der Waals surface area contributed by atoms with Gasteiger partial charge in [-0.05, 0) is 74.9 Å². The summed E-state index contributed by atoms with van der Waals surface area (Å²) in [7, 11) is 0. The molecule has 1 unspecified atom stereocenters. The Morgan fingerprint density at radius 2 is 1.87 bits per heavy atom. The molecule has 1 aliphatic rings. The number of aromatic nitrogens is 4. The van der Waals surface area contributed by atoms with Gasteiger partial charge in [-0.25, -0.2) is 4.79 Å². The number of rotatable bonds is 6. The highest BCUT2D eigenvalue weighted by Crippen LogP contribution is 2.42. The maximum atomic E-state index is 11.6. The Morgan fingerprint density at radius 3 is 2.53 bits per heavy atom. The summed E-state index contributed by atoms with van der Waals surface area (Å²) in [6, 6.07) is 13.9. The molecule has 192 valence electrons. The maximum absolute atomic E-state index is 11.6. The minimum Gasteiger partial charge on any atom is -0.478 e. The average molecular weight is 507 g/mol. The fourth-order valence-corrected chi connectivity index (χ4v) is 6.11. The summed E-state index contributed by atoms with van der Waals surface area (Å²) >= 11 is 0. The van der Waals surface area contributed by atoms with Crippen molar-refractivity contribution in [2.24, 2.45) is 5.92 Å². The predicted octanol–water partition coefficient (Wildman–Crippen LogP) is 7.16. The number of fused-ring (bicyclic) bond motifs is 1. The Kier molecular flexibility index (Phi) is 6.06. The number of benzene rings is 1. The molecule has 38 heavy (non-hydrogen) atoms. The van der Waals surface area contributed by atoms with E-state index in [1.165, 1.54) is 12.8 Å². The normalized spacial score (nSPS) is 14.8. The smallest absolute Gasteiger partial charge is 0.335 e. The van der Waals surface area contributed by atoms with E-state index in [4.69, 9.17) is 14.5 Å². The molecule has 7 heteroatoms. The van der Waals surface area contributed by atoms with Crippen LogP contribution in [-0.4, -0.2) is 30.8 Å². The molecule has 0 spiro atoms. The Balaban J connectivity index is 1.61. The third-order valence-corrected chi connectivity index (χ3v) is 7.90. The van der Waals surface area contributed by atoms with E-state index in [1.54, 1.807) is 6.07 Å². The van der Waals surface area contributed by atoms with Crippen molar-refractivity contribution >= 4 is 17.0 Å². The van der Waals surface area contributed by atoms with Crippen LogP contribution < -0.4 is 0 Å². The first-order valence-corrected chi connectivity index (χ1v) is 13.1. The van der Waals surface area contributed by atoms with Crippen LogP contribution in [0.1, 0.15) is 64.8 Å². The maximum Gasteiger partial charge on any atom is 0.335 e. The van der Waals surface area contributed by atoms with Crippen LogP contribution in [0.25, 0.3) is 33.3 Å². The van der Waals surface area contributed by atoms with E-state index in [1.807, 2.05) is 51.4 Å². The highest BCUT2D eigenvalue weighted by molar-refractivity contribution is 5.96. The first-order valence-electron chi connectivity index (χ1n) is 13.1. The molecule has 1 saturated carbocycles. The van der Waals surface area contributed by atoms with E-state index in [0.29, 0.717) is 11.5 Å². The van der Waals surface area contributed by atoms with Gasteiger partial charge >= 0.3 is 5.97 Å². The number of aryl methyl sites for hydroxylation is 3. The van der Waals surface area contributed by atoms with Gasteiger partial charge in [0.2, 0.25) is 0 Å². The standard InChI is InChI=1S/C31H30N4O3/c1-18-14-22(11-12-24(18)31(36)37)25-17-35(30(21-8-4-5-9-21)26-10-6-7-13-32-26)27-15-23(16-33-29(25)27)28-19(2)34-38-20(28)3/h6-7,10-17,21,30H,4-5,8-9H2,1-3H3,(H,36,37). The zero-order valence-electron chi connectivity index (χ0n) is 21.8. The van der Waals surface area contributed by atoms with Crippen LogP contribution in [0.2, 0.25) is 0 Å². The number of hydrogen-bond acceptors (Lipinski definition) is 5. The number of pyridine rings is 2. The van der Waals surface area contributed by atoms with Crippen molar-refractivity contribution in [1.82, 2.24) is 19.7 Å². The number of carboxylic acid groups (broad SMARTS) is 1. The molecule has 0 bridgehead atoms. The summed E-state index contributed by atoms with van der Waals surface area (Å²) in [4.78, 5) is 21.4. The molecule has 1 fully saturated rings. The van der Waals surface area contributed by atoms with Gasteiger partial charge in [0.15, 0.2) is 0 Å². The molecule has 4 heterocycles. The molecule has 7 nitrogen and oxygen atoms in total. The highest BCUT2D eigenvalue weighted by atomic mass is 16.5. The van der Waals surface area contributed by atoms with E-state index >= 15 is 0 Å². The number of hydrogen-bond donors (Lipinski definition) is 1. The molecule has 6 rings (SSSR count). The minimum absolute atomic E-state index is 0.0658.